The summed E-state index contributed by atoms with van der Waals surface area (Å²) in [5, 5.41) is 3.89. The highest BCUT2D eigenvalue weighted by Crippen LogP contribution is 2.26. The molecule has 6 nitrogen and oxygen atoms in total. The standard InChI is InChI=1S/C25H19ClN4O2S/c26-18-12-10-17(11-13-18)22-15-20(19-8-4-5-9-21(19)27-22)24(32)28-25(33)30-29-23(31)14-16-6-2-1-3-7-16/h1-13,15H,14H2,(H,29,31)(H2,28,30,32,33). The summed E-state index contributed by atoms with van der Waals surface area (Å²) in [6.45, 7) is 0. The Hall–Kier alpha value is -3.81. The van der Waals surface area contributed by atoms with Gasteiger partial charge in [0.2, 0.25) is 5.91 Å². The molecule has 2 amide bonds. The molecule has 0 saturated heterocycles. The zero-order chi connectivity index (χ0) is 23.2. The van der Waals surface area contributed by atoms with E-state index in [0.29, 0.717) is 27.2 Å². The zero-order valence-corrected chi connectivity index (χ0v) is 18.9. The van der Waals surface area contributed by atoms with E-state index >= 15 is 0 Å². The number of thiocarbonyl (C=S) groups is 1. The quantitative estimate of drug-likeness (QED) is 0.301. The predicted molar refractivity (Wildman–Crippen MR) is 134 cm³/mol. The average Bonchev–Trinajstić information content (AvgIpc) is 2.83. The van der Waals surface area contributed by atoms with Crippen molar-refractivity contribution in [3.63, 3.8) is 0 Å². The summed E-state index contributed by atoms with van der Waals surface area (Å²) in [5.74, 6) is -0.698. The number of fused-ring (bicyclic) bond motifs is 1. The van der Waals surface area contributed by atoms with Crippen LogP contribution in [0.1, 0.15) is 15.9 Å². The van der Waals surface area contributed by atoms with Gasteiger partial charge in [0.1, 0.15) is 0 Å². The summed E-state index contributed by atoms with van der Waals surface area (Å²) in [5.41, 5.74) is 8.47. The highest BCUT2D eigenvalue weighted by molar-refractivity contribution is 7.80. The second-order valence-corrected chi connectivity index (χ2v) is 8.04. The van der Waals surface area contributed by atoms with Crippen molar-refractivity contribution in [2.24, 2.45) is 0 Å². The number of carbonyl (C=O) groups excluding carboxylic acids is 2. The van der Waals surface area contributed by atoms with Crippen LogP contribution in [0.3, 0.4) is 0 Å². The zero-order valence-electron chi connectivity index (χ0n) is 17.3. The molecule has 4 aromatic rings. The Balaban J connectivity index is 1.48. The van der Waals surface area contributed by atoms with Gasteiger partial charge < -0.3 is 0 Å². The first-order valence-corrected chi connectivity index (χ1v) is 10.9. The maximum atomic E-state index is 13.0. The molecule has 0 atom stereocenters. The molecule has 3 aromatic carbocycles. The molecule has 8 heteroatoms. The molecule has 1 aromatic heterocycles. The van der Waals surface area contributed by atoms with E-state index in [1.54, 1.807) is 18.2 Å². The molecule has 1 heterocycles. The van der Waals surface area contributed by atoms with Crippen molar-refractivity contribution >= 4 is 51.6 Å². The summed E-state index contributed by atoms with van der Waals surface area (Å²) >= 11 is 11.2. The third kappa shape index (κ3) is 5.71. The van der Waals surface area contributed by atoms with Crippen LogP contribution in [0.25, 0.3) is 22.2 Å². The molecule has 0 radical (unpaired) electrons. The summed E-state index contributed by atoms with van der Waals surface area (Å²) in [6, 6.07) is 25.6. The third-order valence-electron chi connectivity index (χ3n) is 4.85. The van der Waals surface area contributed by atoms with Crippen molar-refractivity contribution in [2.75, 3.05) is 0 Å². The topological polar surface area (TPSA) is 83.1 Å². The summed E-state index contributed by atoms with van der Waals surface area (Å²) in [6.07, 6.45) is 0.184. The van der Waals surface area contributed by atoms with Gasteiger partial charge in [-0.2, -0.15) is 0 Å². The number of nitrogens with zero attached hydrogens (tertiary/aromatic N) is 1. The largest absolute Gasteiger partial charge is 0.298 e. The molecule has 3 N–H and O–H groups in total. The minimum atomic E-state index is -0.418. The van der Waals surface area contributed by atoms with Crippen LogP contribution in [0.4, 0.5) is 0 Å². The summed E-state index contributed by atoms with van der Waals surface area (Å²) < 4.78 is 0. The molecule has 0 saturated carbocycles. The van der Waals surface area contributed by atoms with Crippen LogP contribution >= 0.6 is 23.8 Å². The first kappa shape index (κ1) is 22.4. The monoisotopic (exact) mass is 474 g/mol. The van der Waals surface area contributed by atoms with Gasteiger partial charge in [-0.15, -0.1) is 0 Å². The van der Waals surface area contributed by atoms with Crippen LogP contribution in [0.2, 0.25) is 5.02 Å². The van der Waals surface area contributed by atoms with Gasteiger partial charge in [-0.3, -0.25) is 25.8 Å². The van der Waals surface area contributed by atoms with Crippen LogP contribution in [0.15, 0.2) is 84.9 Å². The number of rotatable bonds is 4. The number of para-hydroxylation sites is 1. The van der Waals surface area contributed by atoms with Gasteiger partial charge in [0.15, 0.2) is 5.11 Å². The van der Waals surface area contributed by atoms with E-state index < -0.39 is 5.91 Å². The Kier molecular flexibility index (Phi) is 6.92. The van der Waals surface area contributed by atoms with Crippen LogP contribution in [-0.2, 0) is 11.2 Å². The summed E-state index contributed by atoms with van der Waals surface area (Å²) in [4.78, 5) is 29.8. The van der Waals surface area contributed by atoms with E-state index in [1.165, 1.54) is 0 Å². The average molecular weight is 475 g/mol. The normalized spacial score (nSPS) is 10.5. The van der Waals surface area contributed by atoms with Crippen molar-refractivity contribution in [3.8, 4) is 11.3 Å². The lowest BCUT2D eigenvalue weighted by Crippen LogP contribution is -2.48. The smallest absolute Gasteiger partial charge is 0.258 e. The molecule has 0 aliphatic carbocycles. The number of amides is 2. The van der Waals surface area contributed by atoms with Crippen molar-refractivity contribution < 1.29 is 9.59 Å². The fourth-order valence-electron chi connectivity index (χ4n) is 3.29. The molecule has 164 valence electrons. The molecule has 33 heavy (non-hydrogen) atoms. The van der Waals surface area contributed by atoms with Gasteiger partial charge in [0.25, 0.3) is 5.91 Å². The van der Waals surface area contributed by atoms with E-state index in [-0.39, 0.29) is 17.4 Å². The number of hydrazine groups is 1. The van der Waals surface area contributed by atoms with Gasteiger partial charge in [-0.1, -0.05) is 72.3 Å². The van der Waals surface area contributed by atoms with Crippen molar-refractivity contribution in [3.05, 3.63) is 101 Å². The predicted octanol–water partition coefficient (Wildman–Crippen LogP) is 4.43. The highest BCUT2D eigenvalue weighted by atomic mass is 35.5. The lowest BCUT2D eigenvalue weighted by molar-refractivity contribution is -0.121. The fraction of sp³-hybridized carbons (Fsp3) is 0.0400. The first-order chi connectivity index (χ1) is 16.0. The van der Waals surface area contributed by atoms with Gasteiger partial charge in [-0.05, 0) is 42.0 Å². The van der Waals surface area contributed by atoms with Gasteiger partial charge in [0, 0.05) is 16.0 Å². The van der Waals surface area contributed by atoms with Crippen molar-refractivity contribution in [1.82, 2.24) is 21.2 Å². The summed E-state index contributed by atoms with van der Waals surface area (Å²) in [7, 11) is 0. The first-order valence-electron chi connectivity index (χ1n) is 10.1. The van der Waals surface area contributed by atoms with Crippen molar-refractivity contribution in [1.29, 1.82) is 0 Å². The number of hydrogen-bond donors (Lipinski definition) is 3. The minimum absolute atomic E-state index is 0.0182. The molecule has 0 aliphatic rings. The lowest BCUT2D eigenvalue weighted by Gasteiger charge is -2.13. The maximum absolute atomic E-state index is 13.0. The molecule has 0 aliphatic heterocycles. The van der Waals surface area contributed by atoms with Gasteiger partial charge in [0.05, 0.1) is 23.2 Å². The molecule has 0 unspecified atom stereocenters. The fourth-order valence-corrected chi connectivity index (χ4v) is 3.56. The molecule has 0 spiro atoms. The number of nitrogens with one attached hydrogen (secondary N) is 3. The van der Waals surface area contributed by atoms with E-state index in [9.17, 15) is 9.59 Å². The number of halogens is 1. The Morgan fingerprint density at radius 1 is 0.879 bits per heavy atom. The Morgan fingerprint density at radius 2 is 1.58 bits per heavy atom. The molecule has 0 bridgehead atoms. The molecular weight excluding hydrogens is 456 g/mol. The van der Waals surface area contributed by atoms with Gasteiger partial charge >= 0.3 is 0 Å². The number of carbonyl (C=O) groups is 2. The molecule has 0 fully saturated rings. The Morgan fingerprint density at radius 3 is 2.33 bits per heavy atom. The lowest BCUT2D eigenvalue weighted by atomic mass is 10.0. The van der Waals surface area contributed by atoms with Crippen molar-refractivity contribution in [2.45, 2.75) is 6.42 Å². The number of benzene rings is 3. The highest BCUT2D eigenvalue weighted by Gasteiger charge is 2.15. The van der Waals surface area contributed by atoms with Crippen LogP contribution < -0.4 is 16.2 Å². The van der Waals surface area contributed by atoms with E-state index in [4.69, 9.17) is 23.8 Å². The SMILES string of the molecule is O=C(Cc1ccccc1)NNC(=S)NC(=O)c1cc(-c2ccc(Cl)cc2)nc2ccccc12. The third-order valence-corrected chi connectivity index (χ3v) is 5.31. The van der Waals surface area contributed by atoms with E-state index in [1.807, 2.05) is 66.7 Å². The van der Waals surface area contributed by atoms with Crippen LogP contribution in [0, 0.1) is 0 Å². The Bertz CT molecular complexity index is 1330. The van der Waals surface area contributed by atoms with Crippen LogP contribution in [-0.4, -0.2) is 21.9 Å². The molecular formula is C25H19ClN4O2S. The van der Waals surface area contributed by atoms with Crippen LogP contribution in [0.5, 0.6) is 0 Å². The minimum Gasteiger partial charge on any atom is -0.298 e. The second-order valence-electron chi connectivity index (χ2n) is 7.20. The Labute approximate surface area is 201 Å². The van der Waals surface area contributed by atoms with E-state index in [0.717, 1.165) is 11.1 Å². The number of pyridine rings is 1. The maximum Gasteiger partial charge on any atom is 0.258 e. The number of hydrogen-bond acceptors (Lipinski definition) is 4. The van der Waals surface area contributed by atoms with Gasteiger partial charge in [-0.25, -0.2) is 4.98 Å². The number of aromatic nitrogens is 1. The second kappa shape index (κ2) is 10.2. The molecule has 4 rings (SSSR count). The van der Waals surface area contributed by atoms with E-state index in [2.05, 4.69) is 21.2 Å².